The molecule has 1 aliphatic rings. The lowest BCUT2D eigenvalue weighted by molar-refractivity contribution is -0.0892. The van der Waals surface area contributed by atoms with Crippen LogP contribution < -0.4 is 16.0 Å². The monoisotopic (exact) mass is 433 g/mol. The first-order valence-corrected chi connectivity index (χ1v) is 10.1. The van der Waals surface area contributed by atoms with Gasteiger partial charge >= 0.3 is 6.03 Å². The van der Waals surface area contributed by atoms with E-state index in [9.17, 15) is 14.7 Å². The molecule has 0 saturated carbocycles. The van der Waals surface area contributed by atoms with Gasteiger partial charge in [0.05, 0.1) is 24.9 Å². The van der Waals surface area contributed by atoms with Crippen molar-refractivity contribution in [1.29, 1.82) is 0 Å². The summed E-state index contributed by atoms with van der Waals surface area (Å²) in [6.07, 6.45) is 5.62. The number of ether oxygens (including phenoxy) is 1. The van der Waals surface area contributed by atoms with E-state index < -0.39 is 6.10 Å². The van der Waals surface area contributed by atoms with Crippen LogP contribution in [0.3, 0.4) is 0 Å². The van der Waals surface area contributed by atoms with Crippen molar-refractivity contribution in [2.24, 2.45) is 0 Å². The van der Waals surface area contributed by atoms with E-state index in [4.69, 9.17) is 16.3 Å². The van der Waals surface area contributed by atoms with E-state index in [1.54, 1.807) is 24.3 Å². The molecule has 160 valence electrons. The highest BCUT2D eigenvalue weighted by molar-refractivity contribution is 6.30. The smallest absolute Gasteiger partial charge is 0.319 e. The fraction of sp³-hybridized carbons (Fsp3) is 0.400. The minimum atomic E-state index is -0.521. The van der Waals surface area contributed by atoms with Gasteiger partial charge in [-0.15, -0.1) is 0 Å². The molecule has 3 amide bonds. The van der Waals surface area contributed by atoms with E-state index in [1.165, 1.54) is 18.6 Å². The van der Waals surface area contributed by atoms with Gasteiger partial charge in [0.15, 0.2) is 0 Å². The predicted octanol–water partition coefficient (Wildman–Crippen LogP) is 1.98. The molecule has 0 radical (unpaired) electrons. The second kappa shape index (κ2) is 10.9. The molecule has 10 heteroatoms. The number of aliphatic hydroxyl groups is 1. The van der Waals surface area contributed by atoms with Crippen molar-refractivity contribution >= 4 is 29.2 Å². The Hall–Kier alpha value is -2.75. The van der Waals surface area contributed by atoms with Crippen molar-refractivity contribution in [3.05, 3.63) is 53.6 Å². The standard InChI is InChI=1S/C20H24ClN5O4/c21-13-1-3-14(4-2-13)25-20(29)24-8-7-15-5-6-16(18(12-27)30-15)26-19(28)17-11-22-9-10-23-17/h1-4,9-11,15-16,18,27H,5-8,12H2,(H,26,28)(H2,24,25,29)/t15-,16-,18+/m0/s1. The lowest BCUT2D eigenvalue weighted by atomic mass is 9.97. The zero-order valence-corrected chi connectivity index (χ0v) is 17.0. The quantitative estimate of drug-likeness (QED) is 0.529. The Morgan fingerprint density at radius 3 is 2.70 bits per heavy atom. The van der Waals surface area contributed by atoms with Crippen LogP contribution in [0.15, 0.2) is 42.9 Å². The molecule has 1 aromatic heterocycles. The molecule has 1 aromatic carbocycles. The molecule has 3 atom stereocenters. The highest BCUT2D eigenvalue weighted by atomic mass is 35.5. The van der Waals surface area contributed by atoms with Gasteiger partial charge in [-0.1, -0.05) is 11.6 Å². The van der Waals surface area contributed by atoms with Crippen molar-refractivity contribution in [2.75, 3.05) is 18.5 Å². The van der Waals surface area contributed by atoms with Crippen LogP contribution in [0.1, 0.15) is 29.8 Å². The Morgan fingerprint density at radius 2 is 2.00 bits per heavy atom. The zero-order valence-electron chi connectivity index (χ0n) is 16.3. The molecule has 0 spiro atoms. The van der Waals surface area contributed by atoms with E-state index in [1.807, 2.05) is 0 Å². The molecule has 4 N–H and O–H groups in total. The van der Waals surface area contributed by atoms with Crippen LogP contribution in [0.4, 0.5) is 10.5 Å². The lowest BCUT2D eigenvalue weighted by Gasteiger charge is -2.36. The van der Waals surface area contributed by atoms with Crippen molar-refractivity contribution < 1.29 is 19.4 Å². The normalized spacial score (nSPS) is 20.9. The van der Waals surface area contributed by atoms with Gasteiger partial charge in [0.1, 0.15) is 11.8 Å². The number of hydrogen-bond donors (Lipinski definition) is 4. The van der Waals surface area contributed by atoms with Crippen molar-refractivity contribution in [2.45, 2.75) is 37.5 Å². The Bertz CT molecular complexity index is 837. The summed E-state index contributed by atoms with van der Waals surface area (Å²) < 4.78 is 5.91. The Morgan fingerprint density at radius 1 is 1.20 bits per heavy atom. The SMILES string of the molecule is O=C(NCC[C@@H]1CC[C@H](NC(=O)c2cnccn2)[C@@H](CO)O1)Nc1ccc(Cl)cc1. The molecule has 0 bridgehead atoms. The number of nitrogens with one attached hydrogen (secondary N) is 3. The number of aromatic nitrogens is 2. The number of carbonyl (C=O) groups is 2. The van der Waals surface area contributed by atoms with Crippen LogP contribution in [0, 0.1) is 0 Å². The summed E-state index contributed by atoms with van der Waals surface area (Å²) >= 11 is 5.82. The zero-order chi connectivity index (χ0) is 21.3. The van der Waals surface area contributed by atoms with E-state index in [0.29, 0.717) is 36.5 Å². The molecule has 1 saturated heterocycles. The van der Waals surface area contributed by atoms with Gasteiger partial charge in [-0.25, -0.2) is 9.78 Å². The average Bonchev–Trinajstić information content (AvgIpc) is 2.77. The molecule has 2 aromatic rings. The third-order valence-corrected chi connectivity index (χ3v) is 5.01. The predicted molar refractivity (Wildman–Crippen MR) is 111 cm³/mol. The summed E-state index contributed by atoms with van der Waals surface area (Å²) in [5.74, 6) is -0.353. The molecule has 30 heavy (non-hydrogen) atoms. The van der Waals surface area contributed by atoms with Gasteiger partial charge in [-0.2, -0.15) is 0 Å². The Balaban J connectivity index is 1.40. The summed E-state index contributed by atoms with van der Waals surface area (Å²) in [6.45, 7) is 0.200. The topological polar surface area (TPSA) is 125 Å². The van der Waals surface area contributed by atoms with Crippen molar-refractivity contribution in [1.82, 2.24) is 20.6 Å². The van der Waals surface area contributed by atoms with Gasteiger partial charge < -0.3 is 25.8 Å². The minimum absolute atomic E-state index is 0.123. The minimum Gasteiger partial charge on any atom is -0.394 e. The first kappa shape index (κ1) is 21.9. The summed E-state index contributed by atoms with van der Waals surface area (Å²) in [7, 11) is 0. The number of urea groups is 1. The fourth-order valence-electron chi connectivity index (χ4n) is 3.22. The van der Waals surface area contributed by atoms with Crippen molar-refractivity contribution in [3.8, 4) is 0 Å². The van der Waals surface area contributed by atoms with Crippen LogP contribution in [0.5, 0.6) is 0 Å². The number of anilines is 1. The average molecular weight is 434 g/mol. The van der Waals surface area contributed by atoms with E-state index in [0.717, 1.165) is 0 Å². The highest BCUT2D eigenvalue weighted by Gasteiger charge is 2.32. The fourth-order valence-corrected chi connectivity index (χ4v) is 3.35. The Labute approximate surface area is 179 Å². The van der Waals surface area contributed by atoms with E-state index in [-0.39, 0.29) is 36.4 Å². The molecule has 0 unspecified atom stereocenters. The van der Waals surface area contributed by atoms with Gasteiger partial charge in [0.25, 0.3) is 5.91 Å². The van der Waals surface area contributed by atoms with E-state index in [2.05, 4.69) is 25.9 Å². The van der Waals surface area contributed by atoms with Crippen LogP contribution in [-0.4, -0.2) is 58.4 Å². The van der Waals surface area contributed by atoms with Crippen LogP contribution in [0.25, 0.3) is 0 Å². The van der Waals surface area contributed by atoms with Gasteiger partial charge in [-0.05, 0) is 43.5 Å². The summed E-state index contributed by atoms with van der Waals surface area (Å²) in [4.78, 5) is 32.1. The number of rotatable bonds is 7. The van der Waals surface area contributed by atoms with Gasteiger partial charge in [0.2, 0.25) is 0 Å². The second-order valence-corrected chi connectivity index (χ2v) is 7.34. The maximum Gasteiger partial charge on any atom is 0.319 e. The van der Waals surface area contributed by atoms with Gasteiger partial charge in [-0.3, -0.25) is 9.78 Å². The number of nitrogens with zero attached hydrogens (tertiary/aromatic N) is 2. The second-order valence-electron chi connectivity index (χ2n) is 6.90. The van der Waals surface area contributed by atoms with Crippen LogP contribution in [0.2, 0.25) is 5.02 Å². The number of amides is 3. The Kier molecular flexibility index (Phi) is 7.95. The maximum absolute atomic E-state index is 12.3. The molecular formula is C20H24ClN5O4. The highest BCUT2D eigenvalue weighted by Crippen LogP contribution is 2.22. The maximum atomic E-state index is 12.3. The molecule has 3 rings (SSSR count). The number of benzene rings is 1. The van der Waals surface area contributed by atoms with Crippen LogP contribution >= 0.6 is 11.6 Å². The molecular weight excluding hydrogens is 410 g/mol. The molecule has 1 fully saturated rings. The van der Waals surface area contributed by atoms with Crippen LogP contribution in [-0.2, 0) is 4.74 Å². The number of hydrogen-bond acceptors (Lipinski definition) is 6. The summed E-state index contributed by atoms with van der Waals surface area (Å²) in [6, 6.07) is 6.19. The van der Waals surface area contributed by atoms with Crippen molar-refractivity contribution in [3.63, 3.8) is 0 Å². The number of halogens is 1. The number of aliphatic hydroxyl groups excluding tert-OH is 1. The number of carbonyl (C=O) groups excluding carboxylic acids is 2. The third kappa shape index (κ3) is 6.38. The molecule has 1 aliphatic heterocycles. The van der Waals surface area contributed by atoms with E-state index >= 15 is 0 Å². The molecule has 9 nitrogen and oxygen atoms in total. The lowest BCUT2D eigenvalue weighted by Crippen LogP contribution is -2.51. The first-order chi connectivity index (χ1) is 14.5. The third-order valence-electron chi connectivity index (χ3n) is 4.76. The largest absolute Gasteiger partial charge is 0.394 e. The van der Waals surface area contributed by atoms with Gasteiger partial charge in [0, 0.05) is 29.6 Å². The summed E-state index contributed by atoms with van der Waals surface area (Å²) in [5.41, 5.74) is 0.861. The summed E-state index contributed by atoms with van der Waals surface area (Å²) in [5, 5.41) is 18.6. The molecule has 2 heterocycles. The first-order valence-electron chi connectivity index (χ1n) is 9.68. The molecule has 0 aliphatic carbocycles.